The molecule has 0 saturated carbocycles. The molecule has 0 fully saturated rings. The van der Waals surface area contributed by atoms with E-state index in [4.69, 9.17) is 0 Å². The van der Waals surface area contributed by atoms with Gasteiger partial charge in [0, 0.05) is 8.95 Å². The lowest BCUT2D eigenvalue weighted by Gasteiger charge is -2.20. The molecule has 0 aromatic heterocycles. The van der Waals surface area contributed by atoms with Crippen LogP contribution in [-0.2, 0) is 20.0 Å². The van der Waals surface area contributed by atoms with Gasteiger partial charge in [-0.15, -0.1) is 0 Å². The van der Waals surface area contributed by atoms with Crippen LogP contribution in [0.15, 0.2) is 151 Å². The Morgan fingerprint density at radius 1 is 0.545 bits per heavy atom. The summed E-state index contributed by atoms with van der Waals surface area (Å²) in [5, 5.41) is 0. The SMILES string of the molecule is C/C=C(\C)[C@H](NS(=O)(=O)c1ccc(Br)cc1)c1ccccc1.C/C=C(\C)[C@H](NS(=O)(=O)c1ccc(Br)cc1)c1ccccc1. The predicted octanol–water partition coefficient (Wildman–Crippen LogP) is 8.87. The van der Waals surface area contributed by atoms with Crippen molar-refractivity contribution < 1.29 is 16.8 Å². The summed E-state index contributed by atoms with van der Waals surface area (Å²) in [4.78, 5) is 0.501. The highest BCUT2D eigenvalue weighted by atomic mass is 79.9. The second kappa shape index (κ2) is 16.5. The molecule has 0 bridgehead atoms. The quantitative estimate of drug-likeness (QED) is 0.158. The molecule has 6 nitrogen and oxygen atoms in total. The van der Waals surface area contributed by atoms with Crippen LogP contribution in [0, 0.1) is 0 Å². The van der Waals surface area contributed by atoms with Crippen molar-refractivity contribution in [3.63, 3.8) is 0 Å². The van der Waals surface area contributed by atoms with Crippen molar-refractivity contribution in [2.75, 3.05) is 0 Å². The molecule has 0 unspecified atom stereocenters. The van der Waals surface area contributed by atoms with Gasteiger partial charge >= 0.3 is 0 Å². The van der Waals surface area contributed by atoms with Gasteiger partial charge in [-0.3, -0.25) is 0 Å². The Kier molecular flexibility index (Phi) is 13.3. The molecule has 0 aliphatic carbocycles. The molecule has 0 amide bonds. The second-order valence-electron chi connectivity index (χ2n) is 9.90. The van der Waals surface area contributed by atoms with Crippen molar-refractivity contribution in [2.45, 2.75) is 49.6 Å². The lowest BCUT2D eigenvalue weighted by molar-refractivity contribution is 0.569. The van der Waals surface area contributed by atoms with Crippen LogP contribution in [0.5, 0.6) is 0 Å². The molecule has 2 N–H and O–H groups in total. The van der Waals surface area contributed by atoms with E-state index in [1.807, 2.05) is 101 Å². The fourth-order valence-electron chi connectivity index (χ4n) is 4.15. The third-order valence-electron chi connectivity index (χ3n) is 6.88. The highest BCUT2D eigenvalue weighted by Crippen LogP contribution is 2.26. The first-order valence-corrected chi connectivity index (χ1v) is 18.3. The Balaban J connectivity index is 0.000000240. The Morgan fingerprint density at radius 2 is 0.841 bits per heavy atom. The van der Waals surface area contributed by atoms with Gasteiger partial charge in [0.25, 0.3) is 0 Å². The third-order valence-corrected chi connectivity index (χ3v) is 10.8. The fourth-order valence-corrected chi connectivity index (χ4v) is 7.20. The summed E-state index contributed by atoms with van der Waals surface area (Å²) in [6, 6.07) is 31.6. The first-order valence-electron chi connectivity index (χ1n) is 13.8. The Labute approximate surface area is 278 Å². The van der Waals surface area contributed by atoms with Gasteiger partial charge in [-0.2, -0.15) is 9.44 Å². The highest BCUT2D eigenvalue weighted by Gasteiger charge is 2.23. The van der Waals surface area contributed by atoms with Gasteiger partial charge in [-0.05, 0) is 87.4 Å². The Bertz CT molecular complexity index is 1640. The van der Waals surface area contributed by atoms with Gasteiger partial charge < -0.3 is 0 Å². The zero-order valence-electron chi connectivity index (χ0n) is 24.9. The number of rotatable bonds is 10. The van der Waals surface area contributed by atoms with Crippen LogP contribution in [0.2, 0.25) is 0 Å². The summed E-state index contributed by atoms with van der Waals surface area (Å²) in [6.07, 6.45) is 3.84. The number of benzene rings is 4. The summed E-state index contributed by atoms with van der Waals surface area (Å²) in [6.45, 7) is 7.64. The first-order chi connectivity index (χ1) is 20.9. The molecule has 0 aliphatic rings. The van der Waals surface area contributed by atoms with Crippen LogP contribution in [0.1, 0.15) is 50.9 Å². The fraction of sp³-hybridized carbons (Fsp3) is 0.176. The van der Waals surface area contributed by atoms with Crippen LogP contribution in [0.25, 0.3) is 0 Å². The van der Waals surface area contributed by atoms with Crippen LogP contribution in [0.4, 0.5) is 0 Å². The average Bonchev–Trinajstić information content (AvgIpc) is 3.03. The molecule has 10 heteroatoms. The summed E-state index contributed by atoms with van der Waals surface area (Å²) in [5.74, 6) is 0. The van der Waals surface area contributed by atoms with Crippen LogP contribution in [0.3, 0.4) is 0 Å². The van der Waals surface area contributed by atoms with Crippen molar-refractivity contribution in [3.8, 4) is 0 Å². The summed E-state index contributed by atoms with van der Waals surface area (Å²) in [7, 11) is -7.18. The average molecular weight is 761 g/mol. The van der Waals surface area contributed by atoms with Gasteiger partial charge in [0.05, 0.1) is 21.9 Å². The maximum Gasteiger partial charge on any atom is 0.241 e. The number of sulfonamides is 2. The van der Waals surface area contributed by atoms with E-state index in [1.54, 1.807) is 48.5 Å². The van der Waals surface area contributed by atoms with Crippen LogP contribution in [-0.4, -0.2) is 16.8 Å². The monoisotopic (exact) mass is 758 g/mol. The minimum Gasteiger partial charge on any atom is -0.207 e. The van der Waals surface area contributed by atoms with E-state index in [9.17, 15) is 16.8 Å². The number of hydrogen-bond acceptors (Lipinski definition) is 4. The van der Waals surface area contributed by atoms with E-state index in [2.05, 4.69) is 41.3 Å². The maximum absolute atomic E-state index is 12.6. The van der Waals surface area contributed by atoms with E-state index < -0.39 is 20.0 Å². The van der Waals surface area contributed by atoms with Gasteiger partial charge in [-0.25, -0.2) is 16.8 Å². The van der Waals surface area contributed by atoms with Crippen LogP contribution < -0.4 is 9.44 Å². The maximum atomic E-state index is 12.6. The third kappa shape index (κ3) is 10.1. The molecule has 0 spiro atoms. The van der Waals surface area contributed by atoms with Gasteiger partial charge in [-0.1, -0.05) is 116 Å². The minimum absolute atomic E-state index is 0.250. The van der Waals surface area contributed by atoms with Crippen LogP contribution >= 0.6 is 31.9 Å². The molecule has 4 aromatic carbocycles. The van der Waals surface area contributed by atoms with E-state index in [0.29, 0.717) is 0 Å². The molecule has 232 valence electrons. The molecule has 0 aliphatic heterocycles. The Hall–Kier alpha value is -2.86. The number of hydrogen-bond donors (Lipinski definition) is 2. The van der Waals surface area contributed by atoms with Gasteiger partial charge in [0.15, 0.2) is 0 Å². The summed E-state index contributed by atoms with van der Waals surface area (Å²) < 4.78 is 57.6. The number of allylic oxidation sites excluding steroid dienone is 2. The topological polar surface area (TPSA) is 92.3 Å². The highest BCUT2D eigenvalue weighted by molar-refractivity contribution is 9.10. The van der Waals surface area contributed by atoms with Gasteiger partial charge in [0.1, 0.15) is 0 Å². The summed E-state index contributed by atoms with van der Waals surface area (Å²) >= 11 is 6.62. The van der Waals surface area contributed by atoms with Crippen molar-refractivity contribution in [3.05, 3.63) is 153 Å². The van der Waals surface area contributed by atoms with Crippen molar-refractivity contribution in [1.82, 2.24) is 9.44 Å². The van der Waals surface area contributed by atoms with Gasteiger partial charge in [0.2, 0.25) is 20.0 Å². The minimum atomic E-state index is -3.59. The van der Waals surface area contributed by atoms with E-state index in [0.717, 1.165) is 31.2 Å². The Morgan fingerprint density at radius 3 is 1.11 bits per heavy atom. The van der Waals surface area contributed by atoms with Crippen molar-refractivity contribution in [2.24, 2.45) is 0 Å². The molecule has 4 rings (SSSR count). The van der Waals surface area contributed by atoms with Crippen molar-refractivity contribution >= 4 is 51.9 Å². The largest absolute Gasteiger partial charge is 0.241 e. The van der Waals surface area contributed by atoms with Crippen molar-refractivity contribution in [1.29, 1.82) is 0 Å². The molecule has 2 atom stereocenters. The second-order valence-corrected chi connectivity index (χ2v) is 15.2. The molecular weight excluding hydrogens is 724 g/mol. The van der Waals surface area contributed by atoms with E-state index >= 15 is 0 Å². The molecule has 0 radical (unpaired) electrons. The summed E-state index contributed by atoms with van der Waals surface area (Å²) in [5.41, 5.74) is 3.73. The molecular formula is C34H36Br2N2O4S2. The smallest absolute Gasteiger partial charge is 0.207 e. The first kappa shape index (κ1) is 35.6. The normalized spacial score (nSPS) is 13.9. The number of nitrogens with one attached hydrogen (secondary N) is 2. The number of halogens is 2. The van der Waals surface area contributed by atoms with E-state index in [1.165, 1.54) is 0 Å². The zero-order valence-corrected chi connectivity index (χ0v) is 29.7. The lowest BCUT2D eigenvalue weighted by Crippen LogP contribution is -2.29. The molecule has 44 heavy (non-hydrogen) atoms. The lowest BCUT2D eigenvalue weighted by atomic mass is 10.0. The van der Waals surface area contributed by atoms with E-state index in [-0.39, 0.29) is 21.9 Å². The molecule has 0 heterocycles. The zero-order chi connectivity index (χ0) is 32.3. The standard InChI is InChI=1S/2C17H18BrNO2S/c2*1-3-13(2)17(14-7-5-4-6-8-14)19-22(20,21)16-11-9-15(18)10-12-16/h2*3-12,17,19H,1-2H3/b2*13-3+/t2*17-/m00/s1. The predicted molar refractivity (Wildman–Crippen MR) is 186 cm³/mol. The molecule has 0 saturated heterocycles. The molecule has 4 aromatic rings.